The lowest BCUT2D eigenvalue weighted by Gasteiger charge is -2.16. The van der Waals surface area contributed by atoms with Crippen LogP contribution in [-0.2, 0) is 9.53 Å². The van der Waals surface area contributed by atoms with E-state index in [9.17, 15) is 19.2 Å². The van der Waals surface area contributed by atoms with Gasteiger partial charge in [0.05, 0.1) is 11.3 Å². The number of hydrogen-bond donors (Lipinski definition) is 1. The number of halogens is 1. The number of ether oxygens (including phenoxy) is 1. The van der Waals surface area contributed by atoms with Crippen LogP contribution in [0.1, 0.15) is 43.8 Å². The fraction of sp³-hybridized carbons (Fsp3) is 0.125. The fourth-order valence-corrected chi connectivity index (χ4v) is 3.02. The minimum absolute atomic E-state index is 0.0357. The average molecular weight is 376 g/mol. The van der Waals surface area contributed by atoms with Crippen molar-refractivity contribution in [2.75, 3.05) is 0 Å². The standard InChI is InChI=1S/C16H10BrNO5/c1-6-11(16(22)23-7(2)19)12-10-5-8(17)3-4-9(10)14(20)15(21)13(12)18-6/h3-5,18H,1-2H3. The molecule has 0 aliphatic heterocycles. The van der Waals surface area contributed by atoms with Gasteiger partial charge in [0.15, 0.2) is 0 Å². The first-order chi connectivity index (χ1) is 10.8. The Kier molecular flexibility index (Phi) is 3.52. The van der Waals surface area contributed by atoms with E-state index in [1.54, 1.807) is 19.1 Å². The number of hydrogen-bond acceptors (Lipinski definition) is 5. The Morgan fingerprint density at radius 1 is 1.13 bits per heavy atom. The van der Waals surface area contributed by atoms with Gasteiger partial charge >= 0.3 is 11.9 Å². The Bertz CT molecular complexity index is 909. The van der Waals surface area contributed by atoms with Crippen LogP contribution in [0.15, 0.2) is 22.7 Å². The van der Waals surface area contributed by atoms with Gasteiger partial charge in [-0.3, -0.25) is 14.4 Å². The van der Waals surface area contributed by atoms with Gasteiger partial charge in [0.2, 0.25) is 11.6 Å². The molecule has 0 spiro atoms. The number of esters is 2. The Morgan fingerprint density at radius 3 is 2.48 bits per heavy atom. The zero-order chi connectivity index (χ0) is 16.9. The monoisotopic (exact) mass is 375 g/mol. The second-order valence-electron chi connectivity index (χ2n) is 5.10. The van der Waals surface area contributed by atoms with Crippen LogP contribution < -0.4 is 0 Å². The third kappa shape index (κ3) is 2.33. The van der Waals surface area contributed by atoms with Gasteiger partial charge in [-0.25, -0.2) is 4.79 Å². The lowest BCUT2D eigenvalue weighted by atomic mass is 9.86. The van der Waals surface area contributed by atoms with E-state index in [1.165, 1.54) is 6.07 Å². The van der Waals surface area contributed by atoms with Crippen LogP contribution in [0.2, 0.25) is 0 Å². The SMILES string of the molecule is CC(=O)OC(=O)c1c(C)[nH]c2c1-c1cc(Br)ccc1C(=O)C2=O. The van der Waals surface area contributed by atoms with Gasteiger partial charge in [0.25, 0.3) is 0 Å². The Labute approximate surface area is 139 Å². The molecule has 1 N–H and O–H groups in total. The molecule has 0 amide bonds. The highest BCUT2D eigenvalue weighted by Gasteiger charge is 2.37. The zero-order valence-electron chi connectivity index (χ0n) is 12.2. The number of aromatic amines is 1. The summed E-state index contributed by atoms with van der Waals surface area (Å²) in [5, 5.41) is 0. The first-order valence-electron chi connectivity index (χ1n) is 6.65. The molecule has 1 aromatic heterocycles. The quantitative estimate of drug-likeness (QED) is 0.469. The Morgan fingerprint density at radius 2 is 1.83 bits per heavy atom. The Balaban J connectivity index is 2.32. The van der Waals surface area contributed by atoms with Crippen LogP contribution in [0, 0.1) is 6.92 Å². The van der Waals surface area contributed by atoms with E-state index >= 15 is 0 Å². The number of carbonyl (C=O) groups is 4. The number of aromatic nitrogens is 1. The van der Waals surface area contributed by atoms with Crippen molar-refractivity contribution in [3.63, 3.8) is 0 Å². The second-order valence-corrected chi connectivity index (χ2v) is 6.02. The smallest absolute Gasteiger partial charge is 0.348 e. The molecule has 1 aliphatic rings. The summed E-state index contributed by atoms with van der Waals surface area (Å²) < 4.78 is 5.33. The van der Waals surface area contributed by atoms with Crippen LogP contribution in [0.4, 0.5) is 0 Å². The molecule has 2 aromatic rings. The summed E-state index contributed by atoms with van der Waals surface area (Å²) in [6.07, 6.45) is 0. The van der Waals surface area contributed by atoms with Gasteiger partial charge in [-0.1, -0.05) is 15.9 Å². The minimum Gasteiger partial charge on any atom is -0.390 e. The summed E-state index contributed by atoms with van der Waals surface area (Å²) in [4.78, 5) is 50.5. The molecule has 0 saturated heterocycles. The summed E-state index contributed by atoms with van der Waals surface area (Å²) in [6, 6.07) is 4.81. The number of benzene rings is 1. The summed E-state index contributed by atoms with van der Waals surface area (Å²) in [5.74, 6) is -2.98. The number of fused-ring (bicyclic) bond motifs is 3. The number of nitrogens with one attached hydrogen (secondary N) is 1. The third-order valence-corrected chi connectivity index (χ3v) is 4.05. The molecule has 7 heteroatoms. The molecule has 0 unspecified atom stereocenters. The van der Waals surface area contributed by atoms with Gasteiger partial charge < -0.3 is 9.72 Å². The molecule has 1 aromatic carbocycles. The molecule has 6 nitrogen and oxygen atoms in total. The zero-order valence-corrected chi connectivity index (χ0v) is 13.7. The number of carbonyl (C=O) groups excluding carboxylic acids is 4. The Hall–Kier alpha value is -2.54. The van der Waals surface area contributed by atoms with Crippen molar-refractivity contribution in [2.45, 2.75) is 13.8 Å². The molecule has 0 radical (unpaired) electrons. The number of rotatable bonds is 1. The molecule has 23 heavy (non-hydrogen) atoms. The molecule has 1 heterocycles. The minimum atomic E-state index is -0.861. The van der Waals surface area contributed by atoms with E-state index in [1.807, 2.05) is 0 Å². The topological polar surface area (TPSA) is 93.3 Å². The maximum absolute atomic E-state index is 12.3. The van der Waals surface area contributed by atoms with E-state index in [0.29, 0.717) is 15.7 Å². The predicted octanol–water partition coefficient (Wildman–Crippen LogP) is 2.83. The summed E-state index contributed by atoms with van der Waals surface area (Å²) in [6.45, 7) is 2.69. The number of Topliss-reactive ketones (excluding diaryl/α,β-unsaturated/α-hetero) is 2. The van der Waals surface area contributed by atoms with Crippen molar-refractivity contribution >= 4 is 39.4 Å². The van der Waals surface area contributed by atoms with E-state index in [2.05, 4.69) is 25.7 Å². The molecule has 1 aliphatic carbocycles. The van der Waals surface area contributed by atoms with Crippen molar-refractivity contribution in [3.8, 4) is 11.1 Å². The third-order valence-electron chi connectivity index (χ3n) is 3.56. The number of ketones is 2. The first-order valence-corrected chi connectivity index (χ1v) is 7.44. The van der Waals surface area contributed by atoms with Crippen LogP contribution >= 0.6 is 15.9 Å². The van der Waals surface area contributed by atoms with Crippen molar-refractivity contribution in [1.82, 2.24) is 4.98 Å². The van der Waals surface area contributed by atoms with Crippen molar-refractivity contribution in [1.29, 1.82) is 0 Å². The first kappa shape index (κ1) is 15.4. The van der Waals surface area contributed by atoms with E-state index in [0.717, 1.165) is 6.92 Å². The molecule has 0 fully saturated rings. The molecule has 3 rings (SSSR count). The molecule has 116 valence electrons. The highest BCUT2D eigenvalue weighted by Crippen LogP contribution is 2.39. The van der Waals surface area contributed by atoms with Crippen LogP contribution in [-0.4, -0.2) is 28.5 Å². The number of aryl methyl sites for hydroxylation is 1. The van der Waals surface area contributed by atoms with Crippen molar-refractivity contribution < 1.29 is 23.9 Å². The molecule has 0 atom stereocenters. The van der Waals surface area contributed by atoms with Crippen LogP contribution in [0.3, 0.4) is 0 Å². The van der Waals surface area contributed by atoms with E-state index < -0.39 is 23.5 Å². The summed E-state index contributed by atoms with van der Waals surface area (Å²) in [7, 11) is 0. The van der Waals surface area contributed by atoms with Gasteiger partial charge in [-0.2, -0.15) is 0 Å². The maximum atomic E-state index is 12.3. The van der Waals surface area contributed by atoms with Gasteiger partial charge in [0, 0.05) is 28.2 Å². The normalized spacial score (nSPS) is 12.7. The summed E-state index contributed by atoms with van der Waals surface area (Å²) in [5.41, 5.74) is 1.41. The lowest BCUT2D eigenvalue weighted by Crippen LogP contribution is -2.22. The van der Waals surface area contributed by atoms with E-state index in [-0.39, 0.29) is 22.4 Å². The molecular weight excluding hydrogens is 366 g/mol. The molecule has 0 bridgehead atoms. The van der Waals surface area contributed by atoms with E-state index in [4.69, 9.17) is 0 Å². The average Bonchev–Trinajstić information content (AvgIpc) is 2.81. The van der Waals surface area contributed by atoms with Gasteiger partial charge in [-0.15, -0.1) is 0 Å². The number of H-pyrrole nitrogens is 1. The predicted molar refractivity (Wildman–Crippen MR) is 83.4 cm³/mol. The van der Waals surface area contributed by atoms with Crippen LogP contribution in [0.5, 0.6) is 0 Å². The summed E-state index contributed by atoms with van der Waals surface area (Å²) >= 11 is 3.31. The highest BCUT2D eigenvalue weighted by molar-refractivity contribution is 9.10. The van der Waals surface area contributed by atoms with Crippen molar-refractivity contribution in [2.24, 2.45) is 0 Å². The lowest BCUT2D eigenvalue weighted by molar-refractivity contribution is -0.135. The van der Waals surface area contributed by atoms with Crippen LogP contribution in [0.25, 0.3) is 11.1 Å². The fourth-order valence-electron chi connectivity index (χ4n) is 2.66. The molecule has 0 saturated carbocycles. The maximum Gasteiger partial charge on any atom is 0.348 e. The largest absolute Gasteiger partial charge is 0.390 e. The van der Waals surface area contributed by atoms with Gasteiger partial charge in [0.1, 0.15) is 0 Å². The van der Waals surface area contributed by atoms with Crippen molar-refractivity contribution in [3.05, 3.63) is 45.2 Å². The second kappa shape index (κ2) is 5.27. The highest BCUT2D eigenvalue weighted by atomic mass is 79.9. The molecular formula is C16H10BrNO5. The van der Waals surface area contributed by atoms with Gasteiger partial charge in [-0.05, 0) is 30.7 Å².